The van der Waals surface area contributed by atoms with Crippen molar-refractivity contribution >= 4 is 39.7 Å². The summed E-state index contributed by atoms with van der Waals surface area (Å²) in [6.07, 6.45) is 0. The fraction of sp³-hybridized carbons (Fsp3) is 0.417. The van der Waals surface area contributed by atoms with Gasteiger partial charge in [-0.15, -0.1) is 0 Å². The first kappa shape index (κ1) is 15.0. The monoisotopic (exact) mass is 288 g/mol. The number of hydrogen-bond acceptors (Lipinski definition) is 3. The molecule has 3 N–H and O–H groups in total. The minimum Gasteiger partial charge on any atom is -0.397 e. The first-order valence-electron chi connectivity index (χ1n) is 5.43. The second kappa shape index (κ2) is 5.71. The van der Waals surface area contributed by atoms with E-state index in [-0.39, 0.29) is 11.7 Å². The molecule has 0 aliphatic rings. The third-order valence-electron chi connectivity index (χ3n) is 2.23. The molecule has 4 nitrogen and oxygen atoms in total. The zero-order valence-corrected chi connectivity index (χ0v) is 12.2. The molecule has 0 radical (unpaired) electrons. The number of anilines is 2. The molecule has 1 atom stereocenters. The molecule has 1 unspecified atom stereocenters. The quantitative estimate of drug-likeness (QED) is 0.839. The van der Waals surface area contributed by atoms with Crippen molar-refractivity contribution in [3.05, 3.63) is 23.2 Å². The average molecular weight is 289 g/mol. The smallest absolute Gasteiger partial charge is 0.237 e. The topological polar surface area (TPSA) is 72.2 Å². The van der Waals surface area contributed by atoms with Gasteiger partial charge in [0.05, 0.1) is 11.4 Å². The van der Waals surface area contributed by atoms with E-state index in [1.807, 2.05) is 20.8 Å². The van der Waals surface area contributed by atoms with Gasteiger partial charge in [-0.2, -0.15) is 0 Å². The first-order valence-corrected chi connectivity index (χ1v) is 7.13. The molecule has 1 rings (SSSR count). The summed E-state index contributed by atoms with van der Waals surface area (Å²) in [5, 5.41) is 3.13. The number of carbonyl (C=O) groups is 1. The molecule has 0 heterocycles. The maximum Gasteiger partial charge on any atom is 0.237 e. The van der Waals surface area contributed by atoms with Crippen LogP contribution in [0.3, 0.4) is 0 Å². The maximum absolute atomic E-state index is 11.8. The standard InChI is InChI=1S/C12H17ClN2O2S/c1-12(2,3)18(17)7-11(16)15-10-5-4-8(13)6-9(10)14/h4-6H,7,14H2,1-3H3,(H,15,16). The van der Waals surface area contributed by atoms with E-state index in [1.54, 1.807) is 18.2 Å². The van der Waals surface area contributed by atoms with Gasteiger partial charge in [0.1, 0.15) is 5.75 Å². The van der Waals surface area contributed by atoms with Crippen LogP contribution in [0, 0.1) is 0 Å². The summed E-state index contributed by atoms with van der Waals surface area (Å²) in [7, 11) is -1.23. The molecule has 0 bridgehead atoms. The van der Waals surface area contributed by atoms with Crippen LogP contribution in [-0.4, -0.2) is 20.6 Å². The number of nitrogens with two attached hydrogens (primary N) is 1. The Balaban J connectivity index is 2.68. The van der Waals surface area contributed by atoms with Crippen LogP contribution in [-0.2, 0) is 15.6 Å². The van der Waals surface area contributed by atoms with E-state index in [4.69, 9.17) is 17.3 Å². The molecule has 0 saturated carbocycles. The lowest BCUT2D eigenvalue weighted by atomic mass is 10.2. The Morgan fingerprint density at radius 3 is 2.56 bits per heavy atom. The molecule has 1 aromatic rings. The molecule has 100 valence electrons. The lowest BCUT2D eigenvalue weighted by Crippen LogP contribution is -2.30. The Kier molecular flexibility index (Phi) is 4.76. The van der Waals surface area contributed by atoms with Gasteiger partial charge in [-0.3, -0.25) is 9.00 Å². The van der Waals surface area contributed by atoms with Crippen molar-refractivity contribution in [2.75, 3.05) is 16.8 Å². The van der Waals surface area contributed by atoms with Crippen LogP contribution in [0.25, 0.3) is 0 Å². The molecule has 0 fully saturated rings. The zero-order valence-electron chi connectivity index (χ0n) is 10.6. The average Bonchev–Trinajstić information content (AvgIpc) is 2.20. The van der Waals surface area contributed by atoms with Crippen molar-refractivity contribution in [1.82, 2.24) is 0 Å². The van der Waals surface area contributed by atoms with Crippen molar-refractivity contribution in [1.29, 1.82) is 0 Å². The highest BCUT2D eigenvalue weighted by molar-refractivity contribution is 7.87. The number of halogens is 1. The van der Waals surface area contributed by atoms with E-state index >= 15 is 0 Å². The SMILES string of the molecule is CC(C)(C)S(=O)CC(=O)Nc1ccc(Cl)cc1N. The Morgan fingerprint density at radius 1 is 1.44 bits per heavy atom. The lowest BCUT2D eigenvalue weighted by molar-refractivity contribution is -0.113. The highest BCUT2D eigenvalue weighted by Gasteiger charge is 2.22. The fourth-order valence-corrected chi connectivity index (χ4v) is 2.09. The van der Waals surface area contributed by atoms with Gasteiger partial charge in [0.15, 0.2) is 0 Å². The Morgan fingerprint density at radius 2 is 2.06 bits per heavy atom. The van der Waals surface area contributed by atoms with E-state index in [1.165, 1.54) is 0 Å². The summed E-state index contributed by atoms with van der Waals surface area (Å²) in [4.78, 5) is 11.7. The number of hydrogen-bond donors (Lipinski definition) is 2. The summed E-state index contributed by atoms with van der Waals surface area (Å²) in [5.41, 5.74) is 6.58. The Bertz CT molecular complexity index is 483. The molecule has 0 aliphatic heterocycles. The maximum atomic E-state index is 11.8. The van der Waals surface area contributed by atoms with Gasteiger partial charge >= 0.3 is 0 Å². The highest BCUT2D eigenvalue weighted by atomic mass is 35.5. The number of amides is 1. The zero-order chi connectivity index (χ0) is 13.9. The van der Waals surface area contributed by atoms with E-state index in [9.17, 15) is 9.00 Å². The van der Waals surface area contributed by atoms with Crippen LogP contribution in [0.1, 0.15) is 20.8 Å². The molecule has 0 aromatic heterocycles. The first-order chi connectivity index (χ1) is 8.20. The normalized spacial score (nSPS) is 13.1. The third-order valence-corrected chi connectivity index (χ3v) is 4.36. The lowest BCUT2D eigenvalue weighted by Gasteiger charge is -2.17. The van der Waals surface area contributed by atoms with Gasteiger partial charge in [-0.05, 0) is 39.0 Å². The van der Waals surface area contributed by atoms with Crippen LogP contribution >= 0.6 is 11.6 Å². The summed E-state index contributed by atoms with van der Waals surface area (Å²) < 4.78 is 11.4. The number of benzene rings is 1. The molecule has 0 spiro atoms. The van der Waals surface area contributed by atoms with E-state index in [0.29, 0.717) is 16.4 Å². The van der Waals surface area contributed by atoms with Gasteiger partial charge in [0, 0.05) is 20.6 Å². The molecule has 0 aliphatic carbocycles. The molecule has 1 amide bonds. The van der Waals surface area contributed by atoms with Crippen molar-refractivity contribution in [2.45, 2.75) is 25.5 Å². The Hall–Kier alpha value is -1.07. The molecular formula is C12H17ClN2O2S. The Labute approximate surface area is 114 Å². The van der Waals surface area contributed by atoms with Crippen LogP contribution in [0.2, 0.25) is 5.02 Å². The molecular weight excluding hydrogens is 272 g/mol. The molecule has 1 aromatic carbocycles. The van der Waals surface area contributed by atoms with Crippen LogP contribution in [0.4, 0.5) is 11.4 Å². The van der Waals surface area contributed by atoms with E-state index < -0.39 is 15.5 Å². The van der Waals surface area contributed by atoms with Crippen LogP contribution in [0.15, 0.2) is 18.2 Å². The van der Waals surface area contributed by atoms with Gasteiger partial charge in [0.2, 0.25) is 5.91 Å². The number of nitrogens with one attached hydrogen (secondary N) is 1. The van der Waals surface area contributed by atoms with Crippen molar-refractivity contribution < 1.29 is 9.00 Å². The van der Waals surface area contributed by atoms with E-state index in [2.05, 4.69) is 5.32 Å². The number of nitrogen functional groups attached to an aromatic ring is 1. The van der Waals surface area contributed by atoms with Gasteiger partial charge in [0.25, 0.3) is 0 Å². The molecule has 6 heteroatoms. The van der Waals surface area contributed by atoms with E-state index in [0.717, 1.165) is 0 Å². The minimum absolute atomic E-state index is 0.0500. The fourth-order valence-electron chi connectivity index (χ4n) is 1.17. The molecule has 0 saturated heterocycles. The largest absolute Gasteiger partial charge is 0.397 e. The number of carbonyl (C=O) groups excluding carboxylic acids is 1. The van der Waals surface area contributed by atoms with Gasteiger partial charge in [-0.25, -0.2) is 0 Å². The van der Waals surface area contributed by atoms with Crippen LogP contribution < -0.4 is 11.1 Å². The number of rotatable bonds is 3. The van der Waals surface area contributed by atoms with Crippen LogP contribution in [0.5, 0.6) is 0 Å². The third kappa shape index (κ3) is 4.31. The van der Waals surface area contributed by atoms with Gasteiger partial charge < -0.3 is 11.1 Å². The second-order valence-electron chi connectivity index (χ2n) is 4.88. The highest BCUT2D eigenvalue weighted by Crippen LogP contribution is 2.22. The van der Waals surface area contributed by atoms with Crippen molar-refractivity contribution in [3.8, 4) is 0 Å². The summed E-state index contributed by atoms with van der Waals surface area (Å²) >= 11 is 5.76. The molecule has 18 heavy (non-hydrogen) atoms. The van der Waals surface area contributed by atoms with Crippen molar-refractivity contribution in [3.63, 3.8) is 0 Å². The van der Waals surface area contributed by atoms with Crippen molar-refractivity contribution in [2.24, 2.45) is 0 Å². The minimum atomic E-state index is -1.23. The summed E-state index contributed by atoms with van der Waals surface area (Å²) in [5.74, 6) is -0.372. The predicted molar refractivity (Wildman–Crippen MR) is 77.3 cm³/mol. The predicted octanol–water partition coefficient (Wildman–Crippen LogP) is 2.41. The second-order valence-corrected chi connectivity index (χ2v) is 7.52. The van der Waals surface area contributed by atoms with Gasteiger partial charge in [-0.1, -0.05) is 11.6 Å². The summed E-state index contributed by atoms with van der Waals surface area (Å²) in [6, 6.07) is 4.81. The summed E-state index contributed by atoms with van der Waals surface area (Å²) in [6.45, 7) is 5.48.